The maximum absolute atomic E-state index is 11.9. The third-order valence-corrected chi connectivity index (χ3v) is 10.7. The Morgan fingerprint density at radius 2 is 0.818 bits per heavy atom. The van der Waals surface area contributed by atoms with Gasteiger partial charge in [-0.3, -0.25) is 0 Å². The van der Waals surface area contributed by atoms with Gasteiger partial charge in [-0.1, -0.05) is 84.9 Å². The Morgan fingerprint density at radius 1 is 0.309 bits per heavy atom. The van der Waals surface area contributed by atoms with Gasteiger partial charge in [0.1, 0.15) is 11.2 Å². The van der Waals surface area contributed by atoms with Crippen molar-refractivity contribution in [2.24, 2.45) is 0 Å². The topological polar surface area (TPSA) is 175 Å². The van der Waals surface area contributed by atoms with Gasteiger partial charge in [0, 0.05) is 43.4 Å². The highest BCUT2D eigenvalue weighted by Crippen LogP contribution is 2.62. The van der Waals surface area contributed by atoms with Crippen LogP contribution in [0.4, 0.5) is 0 Å². The Morgan fingerprint density at radius 3 is 1.44 bits per heavy atom. The lowest BCUT2D eigenvalue weighted by Gasteiger charge is -2.23. The van der Waals surface area contributed by atoms with Gasteiger partial charge in [0.25, 0.3) is 0 Å². The van der Waals surface area contributed by atoms with Gasteiger partial charge in [-0.25, -0.2) is 0 Å². The minimum atomic E-state index is -1.03. The van der Waals surface area contributed by atoms with Crippen molar-refractivity contribution >= 4 is 65.0 Å². The van der Waals surface area contributed by atoms with Crippen molar-refractivity contribution < 1.29 is 45.3 Å². The molecule has 9 nitrogen and oxygen atoms in total. The maximum Gasteiger partial charge on any atom is 0.204 e. The van der Waals surface area contributed by atoms with Gasteiger partial charge in [-0.15, -0.1) is 0 Å². The second kappa shape index (κ2) is 11.4. The highest BCUT2D eigenvalue weighted by atomic mass is 16.4. The Labute approximate surface area is 310 Å². The lowest BCUT2D eigenvalue weighted by atomic mass is 9.81. The monoisotopic (exact) mass is 724 g/mol. The van der Waals surface area contributed by atoms with Gasteiger partial charge < -0.3 is 45.3 Å². The highest BCUT2D eigenvalue weighted by molar-refractivity contribution is 6.31. The molecule has 8 N–H and O–H groups in total. The number of hydrogen-bond acceptors (Lipinski definition) is 9. The van der Waals surface area contributed by atoms with Crippen LogP contribution in [0.25, 0.3) is 98.4 Å². The highest BCUT2D eigenvalue weighted by Gasteiger charge is 2.33. The van der Waals surface area contributed by atoms with Crippen LogP contribution in [0.3, 0.4) is 0 Å². The summed E-state index contributed by atoms with van der Waals surface area (Å²) in [6.07, 6.45) is 0. The third-order valence-electron chi connectivity index (χ3n) is 10.7. The fourth-order valence-corrected chi connectivity index (χ4v) is 8.11. The molecular weight excluding hydrogens is 696 g/mol. The fraction of sp³-hybridized carbons (Fsp3) is 0. The van der Waals surface area contributed by atoms with Crippen molar-refractivity contribution in [2.45, 2.75) is 0 Å². The van der Waals surface area contributed by atoms with Crippen molar-refractivity contribution in [1.29, 1.82) is 0 Å². The molecule has 0 bridgehead atoms. The lowest BCUT2D eigenvalue weighted by molar-refractivity contribution is 0.350. The van der Waals surface area contributed by atoms with E-state index in [2.05, 4.69) is 0 Å². The van der Waals surface area contributed by atoms with E-state index in [0.29, 0.717) is 33.1 Å². The average molecular weight is 725 g/mol. The number of phenols is 8. The number of fused-ring (bicyclic) bond motifs is 7. The van der Waals surface area contributed by atoms with E-state index in [1.165, 1.54) is 0 Å². The van der Waals surface area contributed by atoms with Gasteiger partial charge in [-0.05, 0) is 80.2 Å². The van der Waals surface area contributed by atoms with Crippen LogP contribution in [0.1, 0.15) is 0 Å². The number of hydrogen-bond donors (Lipinski definition) is 8. The molecule has 0 saturated carbocycles. The third kappa shape index (κ3) is 4.41. The summed E-state index contributed by atoms with van der Waals surface area (Å²) in [4.78, 5) is 0. The Balaban J connectivity index is 1.44. The zero-order valence-electron chi connectivity index (χ0n) is 28.5. The van der Waals surface area contributed by atoms with Gasteiger partial charge in [0.2, 0.25) is 23.0 Å². The van der Waals surface area contributed by atoms with E-state index in [1.54, 1.807) is 36.4 Å². The van der Waals surface area contributed by atoms with Crippen LogP contribution in [-0.2, 0) is 0 Å². The van der Waals surface area contributed by atoms with Crippen molar-refractivity contribution in [3.63, 3.8) is 0 Å². The molecule has 10 rings (SSSR count). The maximum atomic E-state index is 11.9. The van der Waals surface area contributed by atoms with E-state index < -0.39 is 46.0 Å². The predicted molar refractivity (Wildman–Crippen MR) is 213 cm³/mol. The van der Waals surface area contributed by atoms with Gasteiger partial charge in [-0.2, -0.15) is 0 Å². The van der Waals surface area contributed by atoms with Crippen LogP contribution in [-0.4, -0.2) is 40.9 Å². The lowest BCUT2D eigenvalue weighted by Crippen LogP contribution is -1.95. The molecule has 9 aromatic carbocycles. The summed E-state index contributed by atoms with van der Waals surface area (Å²) in [6.45, 7) is 0. The van der Waals surface area contributed by atoms with Crippen molar-refractivity contribution in [3.8, 4) is 79.4 Å². The number of rotatable bonds is 3. The Bertz CT molecular complexity index is 3210. The number of phenolic OH excluding ortho intramolecular Hbond substituents is 8. The molecule has 0 aliphatic heterocycles. The SMILES string of the molecule is Oc1c(O)c(O)c2c(-c3cc(-c4ccccc4)cc4ccccc34)c3c(O)c(O)c(O)c(O)c3c(-c3ccc4oc5cc6ccccc6cc5c4c3)c2c1O. The van der Waals surface area contributed by atoms with Gasteiger partial charge in [0.05, 0.1) is 0 Å². The summed E-state index contributed by atoms with van der Waals surface area (Å²) in [5, 5.41) is 95.6. The largest absolute Gasteiger partial charge is 0.504 e. The molecule has 1 heterocycles. The molecule has 1 aromatic heterocycles. The van der Waals surface area contributed by atoms with Crippen molar-refractivity contribution in [1.82, 2.24) is 0 Å². The van der Waals surface area contributed by atoms with Crippen molar-refractivity contribution in [2.75, 3.05) is 0 Å². The molecule has 0 radical (unpaired) electrons. The van der Waals surface area contributed by atoms with Crippen LogP contribution >= 0.6 is 0 Å². The van der Waals surface area contributed by atoms with Gasteiger partial charge in [0.15, 0.2) is 23.0 Å². The molecule has 9 heteroatoms. The first-order valence-corrected chi connectivity index (χ1v) is 17.3. The number of aromatic hydroxyl groups is 8. The van der Waals surface area contributed by atoms with Crippen LogP contribution in [0.2, 0.25) is 0 Å². The minimum absolute atomic E-state index is 0.0183. The molecule has 0 saturated heterocycles. The molecule has 0 aliphatic carbocycles. The summed E-state index contributed by atoms with van der Waals surface area (Å²) >= 11 is 0. The van der Waals surface area contributed by atoms with Crippen LogP contribution < -0.4 is 0 Å². The molecule has 0 aliphatic rings. The molecular formula is C46H28O9. The quantitative estimate of drug-likeness (QED) is 0.0501. The van der Waals surface area contributed by atoms with Crippen LogP contribution in [0.5, 0.6) is 46.0 Å². The normalized spacial score (nSPS) is 11.9. The Kier molecular flexibility index (Phi) is 6.59. The smallest absolute Gasteiger partial charge is 0.204 e. The minimum Gasteiger partial charge on any atom is -0.504 e. The molecule has 55 heavy (non-hydrogen) atoms. The molecule has 0 amide bonds. The summed E-state index contributed by atoms with van der Waals surface area (Å²) in [5.41, 5.74) is 3.27. The van der Waals surface area contributed by atoms with Crippen LogP contribution in [0, 0.1) is 0 Å². The van der Waals surface area contributed by atoms with E-state index in [4.69, 9.17) is 4.42 Å². The molecule has 0 unspecified atom stereocenters. The van der Waals surface area contributed by atoms with E-state index in [1.807, 2.05) is 84.9 Å². The van der Waals surface area contributed by atoms with Crippen molar-refractivity contribution in [3.05, 3.63) is 121 Å². The summed E-state index contributed by atoms with van der Waals surface area (Å²) in [7, 11) is 0. The number of furan rings is 1. The summed E-state index contributed by atoms with van der Waals surface area (Å²) in [5.74, 6) is -7.51. The first-order valence-electron chi connectivity index (χ1n) is 17.3. The zero-order chi connectivity index (χ0) is 37.9. The first kappa shape index (κ1) is 31.9. The average Bonchev–Trinajstić information content (AvgIpc) is 3.57. The molecule has 10 aromatic rings. The van der Waals surface area contributed by atoms with E-state index in [0.717, 1.165) is 32.7 Å². The van der Waals surface area contributed by atoms with E-state index >= 15 is 0 Å². The van der Waals surface area contributed by atoms with Crippen LogP contribution in [0.15, 0.2) is 126 Å². The standard InChI is InChI=1S/C46H28O9/c47-39-35-33(25-14-15-31-28(18-25)29-17-22-10-4-5-11-23(22)20-32(29)55-31)36-38(42(50)46(54)44(52)40(36)48)34(37(35)41(49)45(53)43(39)51)30-19-26(21-8-2-1-3-9-21)16-24-12-6-7-13-27(24)30/h1-20,47-54H. The van der Waals surface area contributed by atoms with E-state index in [9.17, 15) is 40.9 Å². The molecule has 266 valence electrons. The fourth-order valence-electron chi connectivity index (χ4n) is 8.11. The zero-order valence-corrected chi connectivity index (χ0v) is 28.5. The molecule has 0 atom stereocenters. The Hall–Kier alpha value is -7.78. The molecule has 0 fully saturated rings. The molecule has 0 spiro atoms. The second-order valence-electron chi connectivity index (χ2n) is 13.7. The van der Waals surface area contributed by atoms with E-state index in [-0.39, 0.29) is 32.7 Å². The second-order valence-corrected chi connectivity index (χ2v) is 13.7. The van der Waals surface area contributed by atoms with Gasteiger partial charge >= 0.3 is 0 Å². The number of benzene rings is 9. The summed E-state index contributed by atoms with van der Waals surface area (Å²) < 4.78 is 6.22. The summed E-state index contributed by atoms with van der Waals surface area (Å²) in [6, 6.07) is 37.3. The first-order chi connectivity index (χ1) is 26.6. The predicted octanol–water partition coefficient (Wildman–Crippen LogP) is 10.8.